The third-order valence-corrected chi connectivity index (χ3v) is 6.32. The lowest BCUT2D eigenvalue weighted by molar-refractivity contribution is -0.0496. The number of rotatable bonds is 5. The fourth-order valence-corrected chi connectivity index (χ4v) is 3.84. The molecule has 2 rings (SSSR count). The van der Waals surface area contributed by atoms with Crippen molar-refractivity contribution in [1.29, 1.82) is 0 Å². The van der Waals surface area contributed by atoms with E-state index in [4.69, 9.17) is 4.42 Å². The van der Waals surface area contributed by atoms with E-state index >= 15 is 0 Å². The Hall–Kier alpha value is -1.82. The topological polar surface area (TPSA) is 99.8 Å². The maximum atomic E-state index is 12.6. The molecule has 0 radical (unpaired) electrons. The van der Waals surface area contributed by atoms with E-state index in [1.807, 2.05) is 20.8 Å². The van der Waals surface area contributed by atoms with Gasteiger partial charge < -0.3 is 15.1 Å². The van der Waals surface area contributed by atoms with Crippen LogP contribution in [0.25, 0.3) is 0 Å². The van der Waals surface area contributed by atoms with Crippen LogP contribution < -0.4 is 10.6 Å². The summed E-state index contributed by atoms with van der Waals surface area (Å²) in [4.78, 5) is 8.32. The molecule has 0 aliphatic carbocycles. The Balaban J connectivity index is 1.79. The van der Waals surface area contributed by atoms with Crippen LogP contribution in [0.3, 0.4) is 0 Å². The van der Waals surface area contributed by atoms with Gasteiger partial charge in [0.2, 0.25) is 5.89 Å². The van der Waals surface area contributed by atoms with E-state index in [1.165, 1.54) is 0 Å². The normalized spacial score (nSPS) is 18.1. The summed E-state index contributed by atoms with van der Waals surface area (Å²) in [6.07, 6.45) is 2.37. The lowest BCUT2D eigenvalue weighted by Gasteiger charge is -2.31. The summed E-state index contributed by atoms with van der Waals surface area (Å²) in [5, 5.41) is 6.18. The first kappa shape index (κ1) is 23.5. The van der Waals surface area contributed by atoms with Gasteiger partial charge in [-0.3, -0.25) is 4.99 Å². The molecule has 0 aromatic carbocycles. The van der Waals surface area contributed by atoms with Crippen LogP contribution >= 0.6 is 0 Å². The first-order valence-electron chi connectivity index (χ1n) is 9.30. The SMILES string of the molecule is CN=C(NCc1ncc(C(C)(C)C)o1)NCC1CCN(S(=O)(=O)C(F)(F)F)CC1. The predicted molar refractivity (Wildman–Crippen MR) is 103 cm³/mol. The molecule has 1 aliphatic rings. The third kappa shape index (κ3) is 6.08. The van der Waals surface area contributed by atoms with Crippen LogP contribution in [-0.2, 0) is 22.0 Å². The molecule has 1 fully saturated rings. The number of halogens is 3. The van der Waals surface area contributed by atoms with Gasteiger partial charge in [-0.1, -0.05) is 20.8 Å². The van der Waals surface area contributed by atoms with E-state index in [-0.39, 0.29) is 24.4 Å². The van der Waals surface area contributed by atoms with Crippen LogP contribution in [0.2, 0.25) is 0 Å². The predicted octanol–water partition coefficient (Wildman–Crippen LogP) is 2.20. The summed E-state index contributed by atoms with van der Waals surface area (Å²) in [5.74, 6) is 1.84. The Kier molecular flexibility index (Phi) is 7.20. The number of hydrogen-bond acceptors (Lipinski definition) is 5. The van der Waals surface area contributed by atoms with Crippen molar-refractivity contribution in [3.8, 4) is 0 Å². The number of sulfonamides is 1. The molecule has 0 saturated carbocycles. The molecule has 0 spiro atoms. The lowest BCUT2D eigenvalue weighted by Crippen LogP contribution is -2.47. The van der Waals surface area contributed by atoms with Crippen LogP contribution in [0.4, 0.5) is 13.2 Å². The molecule has 0 bridgehead atoms. The van der Waals surface area contributed by atoms with Gasteiger partial charge >= 0.3 is 15.5 Å². The van der Waals surface area contributed by atoms with E-state index in [1.54, 1.807) is 13.2 Å². The number of nitrogens with one attached hydrogen (secondary N) is 2. The number of alkyl halides is 3. The number of oxazole rings is 1. The van der Waals surface area contributed by atoms with Gasteiger partial charge in [0.1, 0.15) is 5.76 Å². The maximum Gasteiger partial charge on any atom is 0.511 e. The van der Waals surface area contributed by atoms with Gasteiger partial charge in [0.15, 0.2) is 5.96 Å². The number of aliphatic imine (C=N–C) groups is 1. The fraction of sp³-hybridized carbons (Fsp3) is 0.765. The third-order valence-electron chi connectivity index (χ3n) is 4.69. The molecule has 29 heavy (non-hydrogen) atoms. The zero-order chi connectivity index (χ0) is 21.9. The highest BCUT2D eigenvalue weighted by molar-refractivity contribution is 7.90. The van der Waals surface area contributed by atoms with Crippen molar-refractivity contribution in [2.75, 3.05) is 26.7 Å². The van der Waals surface area contributed by atoms with E-state index in [0.29, 0.717) is 42.1 Å². The van der Waals surface area contributed by atoms with Crippen LogP contribution in [-0.4, -0.2) is 55.9 Å². The van der Waals surface area contributed by atoms with Crippen molar-refractivity contribution in [2.24, 2.45) is 10.9 Å². The molecule has 2 N–H and O–H groups in total. The first-order valence-corrected chi connectivity index (χ1v) is 10.7. The average Bonchev–Trinajstić information content (AvgIpc) is 3.11. The monoisotopic (exact) mass is 439 g/mol. The van der Waals surface area contributed by atoms with Gasteiger partial charge in [-0.05, 0) is 18.8 Å². The smallest absolute Gasteiger partial charge is 0.443 e. The van der Waals surface area contributed by atoms with Crippen molar-refractivity contribution < 1.29 is 26.0 Å². The van der Waals surface area contributed by atoms with Crippen LogP contribution in [0, 0.1) is 5.92 Å². The number of nitrogens with zero attached hydrogens (tertiary/aromatic N) is 3. The van der Waals surface area contributed by atoms with Gasteiger partial charge in [0.25, 0.3) is 0 Å². The van der Waals surface area contributed by atoms with E-state index in [9.17, 15) is 21.6 Å². The van der Waals surface area contributed by atoms with Crippen molar-refractivity contribution >= 4 is 16.0 Å². The Morgan fingerprint density at radius 1 is 1.28 bits per heavy atom. The van der Waals surface area contributed by atoms with E-state index in [2.05, 4.69) is 20.6 Å². The van der Waals surface area contributed by atoms with Crippen molar-refractivity contribution in [1.82, 2.24) is 19.9 Å². The standard InChI is InChI=1S/C17H28F3N5O3S/c1-16(2,3)13-10-22-14(28-13)11-24-15(21-4)23-9-12-5-7-25(8-6-12)29(26,27)17(18,19)20/h10,12H,5-9,11H2,1-4H3,(H2,21,23,24). The largest absolute Gasteiger partial charge is 0.511 e. The highest BCUT2D eigenvalue weighted by Crippen LogP contribution is 2.30. The van der Waals surface area contributed by atoms with Crippen LogP contribution in [0.5, 0.6) is 0 Å². The lowest BCUT2D eigenvalue weighted by atomic mass is 9.94. The Morgan fingerprint density at radius 3 is 2.38 bits per heavy atom. The number of aromatic nitrogens is 1. The summed E-state index contributed by atoms with van der Waals surface area (Å²) in [5.41, 5.74) is -5.39. The molecule has 0 atom stereocenters. The fourth-order valence-electron chi connectivity index (χ4n) is 2.86. The van der Waals surface area contributed by atoms with Gasteiger partial charge in [0, 0.05) is 32.1 Å². The Morgan fingerprint density at radius 2 is 1.90 bits per heavy atom. The molecule has 1 aliphatic heterocycles. The van der Waals surface area contributed by atoms with E-state index in [0.717, 1.165) is 5.76 Å². The molecule has 1 aromatic heterocycles. The molecule has 1 aromatic rings. The summed E-state index contributed by atoms with van der Waals surface area (Å²) < 4.78 is 67.0. The number of piperidine rings is 1. The van der Waals surface area contributed by atoms with Crippen molar-refractivity contribution in [3.05, 3.63) is 17.8 Å². The molecule has 166 valence electrons. The first-order chi connectivity index (χ1) is 13.3. The minimum absolute atomic E-state index is 0.0439. The summed E-state index contributed by atoms with van der Waals surface area (Å²) in [6.45, 7) is 6.58. The van der Waals surface area contributed by atoms with Crippen LogP contribution in [0.15, 0.2) is 15.6 Å². The second-order valence-electron chi connectivity index (χ2n) is 7.97. The number of hydrogen-bond donors (Lipinski definition) is 2. The Bertz CT molecular complexity index is 807. The molecular formula is C17H28F3N5O3S. The van der Waals surface area contributed by atoms with Crippen molar-refractivity contribution in [3.63, 3.8) is 0 Å². The minimum atomic E-state index is -5.25. The van der Waals surface area contributed by atoms with Crippen LogP contribution in [0.1, 0.15) is 45.3 Å². The molecule has 12 heteroatoms. The van der Waals surface area contributed by atoms with Gasteiger partial charge in [-0.15, -0.1) is 0 Å². The van der Waals surface area contributed by atoms with Gasteiger partial charge in [-0.25, -0.2) is 13.4 Å². The molecule has 0 amide bonds. The second kappa shape index (κ2) is 8.90. The summed E-state index contributed by atoms with van der Waals surface area (Å²) in [7, 11) is -3.65. The van der Waals surface area contributed by atoms with E-state index < -0.39 is 15.5 Å². The van der Waals surface area contributed by atoms with Gasteiger partial charge in [-0.2, -0.15) is 17.5 Å². The minimum Gasteiger partial charge on any atom is -0.443 e. The highest BCUT2D eigenvalue weighted by atomic mass is 32.2. The maximum absolute atomic E-state index is 12.6. The molecule has 1 saturated heterocycles. The second-order valence-corrected chi connectivity index (χ2v) is 9.90. The average molecular weight is 440 g/mol. The Labute approximate surface area is 169 Å². The number of guanidine groups is 1. The quantitative estimate of drug-likeness (QED) is 0.539. The molecule has 2 heterocycles. The van der Waals surface area contributed by atoms with Crippen molar-refractivity contribution in [2.45, 2.75) is 51.1 Å². The summed E-state index contributed by atoms with van der Waals surface area (Å²) in [6, 6.07) is 0. The molecule has 8 nitrogen and oxygen atoms in total. The van der Waals surface area contributed by atoms with Gasteiger partial charge in [0.05, 0.1) is 12.7 Å². The molecular weight excluding hydrogens is 411 g/mol. The highest BCUT2D eigenvalue weighted by Gasteiger charge is 2.50. The molecule has 0 unspecified atom stereocenters. The summed E-state index contributed by atoms with van der Waals surface area (Å²) >= 11 is 0. The zero-order valence-electron chi connectivity index (χ0n) is 17.0. The zero-order valence-corrected chi connectivity index (χ0v) is 17.8.